The highest BCUT2D eigenvalue weighted by molar-refractivity contribution is 4.85. The van der Waals surface area contributed by atoms with Crippen LogP contribution in [0.25, 0.3) is 0 Å². The van der Waals surface area contributed by atoms with Crippen LogP contribution in [0, 0.1) is 17.8 Å². The fourth-order valence-corrected chi connectivity index (χ4v) is 4.42. The van der Waals surface area contributed by atoms with Crippen molar-refractivity contribution in [3.63, 3.8) is 0 Å². The fraction of sp³-hybridized carbons (Fsp3) is 1.00. The molecule has 4 atom stereocenters. The molecule has 2 N–H and O–H groups in total. The van der Waals surface area contributed by atoms with Crippen molar-refractivity contribution < 1.29 is 8.78 Å². The van der Waals surface area contributed by atoms with Crippen molar-refractivity contribution in [1.82, 2.24) is 10.6 Å². The molecule has 0 amide bonds. The molecule has 1 saturated carbocycles. The second-order valence-electron chi connectivity index (χ2n) is 8.57. The van der Waals surface area contributed by atoms with Crippen molar-refractivity contribution in [2.75, 3.05) is 13.1 Å². The molecule has 2 aliphatic rings. The van der Waals surface area contributed by atoms with Crippen LogP contribution in [0.2, 0.25) is 0 Å². The van der Waals surface area contributed by atoms with Gasteiger partial charge in [-0.25, -0.2) is 8.78 Å². The largest absolute Gasteiger partial charge is 0.301 e. The van der Waals surface area contributed by atoms with Crippen LogP contribution >= 0.6 is 0 Å². The van der Waals surface area contributed by atoms with E-state index in [9.17, 15) is 8.78 Å². The van der Waals surface area contributed by atoms with Gasteiger partial charge in [0.05, 0.1) is 12.3 Å². The number of rotatable bonds is 9. The number of halogens is 2. The van der Waals surface area contributed by atoms with Crippen molar-refractivity contribution in [3.8, 4) is 0 Å². The van der Waals surface area contributed by atoms with Crippen LogP contribution < -0.4 is 10.6 Å². The van der Waals surface area contributed by atoms with Gasteiger partial charge in [0.25, 0.3) is 0 Å². The maximum Gasteiger partial charge on any atom is 0.103 e. The molecule has 3 unspecified atom stereocenters. The third kappa shape index (κ3) is 7.50. The molecule has 0 aromatic carbocycles. The van der Waals surface area contributed by atoms with Crippen molar-refractivity contribution in [1.29, 1.82) is 0 Å². The average molecular weight is 359 g/mol. The van der Waals surface area contributed by atoms with Crippen LogP contribution in [-0.2, 0) is 0 Å². The summed E-state index contributed by atoms with van der Waals surface area (Å²) >= 11 is 0. The molecule has 2 nitrogen and oxygen atoms in total. The van der Waals surface area contributed by atoms with Crippen LogP contribution in [0.5, 0.6) is 0 Å². The molecule has 1 aliphatic carbocycles. The van der Waals surface area contributed by atoms with E-state index in [0.29, 0.717) is 24.4 Å². The fourth-order valence-electron chi connectivity index (χ4n) is 4.42. The topological polar surface area (TPSA) is 24.1 Å². The number of nitrogens with one attached hydrogen (secondary N) is 2. The van der Waals surface area contributed by atoms with Gasteiger partial charge in [-0.1, -0.05) is 39.5 Å². The Labute approximate surface area is 153 Å². The van der Waals surface area contributed by atoms with Gasteiger partial charge in [0, 0.05) is 13.1 Å². The molecule has 4 heteroatoms. The summed E-state index contributed by atoms with van der Waals surface area (Å²) in [6, 6.07) is 0. The van der Waals surface area contributed by atoms with E-state index in [4.69, 9.17) is 0 Å². The van der Waals surface area contributed by atoms with Crippen LogP contribution in [0.3, 0.4) is 0 Å². The molecule has 25 heavy (non-hydrogen) atoms. The van der Waals surface area contributed by atoms with E-state index in [0.717, 1.165) is 51.6 Å². The summed E-state index contributed by atoms with van der Waals surface area (Å²) in [6.07, 6.45) is 10.4. The lowest BCUT2D eigenvalue weighted by molar-refractivity contribution is 0.200. The predicted molar refractivity (Wildman–Crippen MR) is 102 cm³/mol. The maximum atomic E-state index is 13.9. The monoisotopic (exact) mass is 358 g/mol. The Kier molecular flexibility index (Phi) is 9.69. The normalized spacial score (nSPS) is 35.3. The van der Waals surface area contributed by atoms with Crippen LogP contribution in [0.4, 0.5) is 8.78 Å². The van der Waals surface area contributed by atoms with E-state index in [1.807, 2.05) is 6.92 Å². The lowest BCUT2D eigenvalue weighted by Gasteiger charge is -2.36. The zero-order valence-corrected chi connectivity index (χ0v) is 16.4. The maximum absolute atomic E-state index is 13.9. The van der Waals surface area contributed by atoms with Crippen molar-refractivity contribution in [2.24, 2.45) is 17.8 Å². The molecule has 0 bridgehead atoms. The third-order valence-electron chi connectivity index (χ3n) is 6.47. The summed E-state index contributed by atoms with van der Waals surface area (Å²) in [4.78, 5) is 0. The number of hydrogen-bond donors (Lipinski definition) is 2. The summed E-state index contributed by atoms with van der Waals surface area (Å²) < 4.78 is 27.0. The van der Waals surface area contributed by atoms with Gasteiger partial charge < -0.3 is 10.6 Å². The first-order valence-corrected chi connectivity index (χ1v) is 10.8. The zero-order valence-electron chi connectivity index (χ0n) is 16.4. The highest BCUT2D eigenvalue weighted by Crippen LogP contribution is 2.31. The molecule has 1 saturated heterocycles. The quantitative estimate of drug-likeness (QED) is 0.427. The van der Waals surface area contributed by atoms with Gasteiger partial charge >= 0.3 is 0 Å². The Balaban J connectivity index is 1.54. The lowest BCUT2D eigenvalue weighted by atomic mass is 9.92. The second-order valence-corrected chi connectivity index (χ2v) is 8.57. The smallest absolute Gasteiger partial charge is 0.103 e. The summed E-state index contributed by atoms with van der Waals surface area (Å²) in [5.41, 5.74) is 0. The Morgan fingerprint density at radius 2 is 1.64 bits per heavy atom. The van der Waals surface area contributed by atoms with Crippen molar-refractivity contribution in [2.45, 2.75) is 103 Å². The highest BCUT2D eigenvalue weighted by Gasteiger charge is 2.31. The van der Waals surface area contributed by atoms with Gasteiger partial charge in [-0.3, -0.25) is 0 Å². The van der Waals surface area contributed by atoms with Gasteiger partial charge in [-0.05, 0) is 62.7 Å². The van der Waals surface area contributed by atoms with Gasteiger partial charge in [0.1, 0.15) is 6.17 Å². The number of hydrogen-bond acceptors (Lipinski definition) is 2. The molecule has 0 aromatic rings. The molecular formula is C21H40F2N2. The highest BCUT2D eigenvalue weighted by atomic mass is 19.1. The zero-order chi connectivity index (χ0) is 18.1. The Hall–Kier alpha value is -0.220. The van der Waals surface area contributed by atoms with Gasteiger partial charge in [-0.15, -0.1) is 0 Å². The Morgan fingerprint density at radius 3 is 2.36 bits per heavy atom. The van der Waals surface area contributed by atoms with E-state index in [2.05, 4.69) is 17.6 Å². The van der Waals surface area contributed by atoms with Crippen LogP contribution in [0.15, 0.2) is 0 Å². The van der Waals surface area contributed by atoms with Gasteiger partial charge in [-0.2, -0.15) is 0 Å². The molecule has 0 radical (unpaired) electrons. The summed E-state index contributed by atoms with van der Waals surface area (Å²) in [5.74, 6) is 1.52. The first kappa shape index (κ1) is 21.1. The van der Waals surface area contributed by atoms with E-state index in [-0.39, 0.29) is 5.92 Å². The van der Waals surface area contributed by atoms with E-state index < -0.39 is 12.3 Å². The van der Waals surface area contributed by atoms with Crippen LogP contribution in [-0.4, -0.2) is 31.6 Å². The van der Waals surface area contributed by atoms with E-state index in [1.54, 1.807) is 0 Å². The van der Waals surface area contributed by atoms with Gasteiger partial charge in [0.15, 0.2) is 0 Å². The van der Waals surface area contributed by atoms with Crippen LogP contribution in [0.1, 0.15) is 84.5 Å². The minimum absolute atomic E-state index is 0.228. The minimum atomic E-state index is -0.605. The van der Waals surface area contributed by atoms with E-state index in [1.165, 1.54) is 25.7 Å². The second kappa shape index (κ2) is 11.5. The van der Waals surface area contributed by atoms with E-state index >= 15 is 0 Å². The van der Waals surface area contributed by atoms with Crippen molar-refractivity contribution >= 4 is 0 Å². The SMILES string of the molecule is CC[C@@H](F)CCCCCCC1CNC(C2CCC(C)C(F)CC2)NC1. The summed E-state index contributed by atoms with van der Waals surface area (Å²) in [7, 11) is 0. The number of alkyl halides is 2. The minimum Gasteiger partial charge on any atom is -0.301 e. The average Bonchev–Trinajstić information content (AvgIpc) is 2.80. The molecule has 1 heterocycles. The lowest BCUT2D eigenvalue weighted by Crippen LogP contribution is -2.56. The molecule has 148 valence electrons. The summed E-state index contributed by atoms with van der Waals surface area (Å²) in [6.45, 7) is 6.16. The Bertz CT molecular complexity index is 333. The molecule has 2 rings (SSSR count). The van der Waals surface area contributed by atoms with Crippen molar-refractivity contribution in [3.05, 3.63) is 0 Å². The predicted octanol–water partition coefficient (Wildman–Crippen LogP) is 5.37. The third-order valence-corrected chi connectivity index (χ3v) is 6.47. The number of unbranched alkanes of at least 4 members (excludes halogenated alkanes) is 3. The first-order valence-electron chi connectivity index (χ1n) is 10.8. The standard InChI is InChI=1S/C21H40F2N2/c1-3-19(22)9-7-5-4-6-8-17-14-24-21(25-15-17)18-11-10-16(2)20(23)13-12-18/h16-21,24-25H,3-15H2,1-2H3/t16?,17?,18?,19-,20?,21?/m1/s1. The summed E-state index contributed by atoms with van der Waals surface area (Å²) in [5, 5.41) is 7.38. The molecule has 1 aliphatic heterocycles. The molecular weight excluding hydrogens is 318 g/mol. The van der Waals surface area contributed by atoms with Gasteiger partial charge in [0.2, 0.25) is 0 Å². The molecule has 0 aromatic heterocycles. The molecule has 0 spiro atoms. The Morgan fingerprint density at radius 1 is 0.960 bits per heavy atom. The first-order chi connectivity index (χ1) is 12.1. The molecule has 2 fully saturated rings.